The maximum atomic E-state index is 3.61. The van der Waals surface area contributed by atoms with Crippen LogP contribution >= 0.6 is 15.9 Å². The topological polar surface area (TPSA) is 15.3 Å². The van der Waals surface area contributed by atoms with E-state index in [1.54, 1.807) is 0 Å². The summed E-state index contributed by atoms with van der Waals surface area (Å²) in [6.07, 6.45) is 2.43. The highest BCUT2D eigenvalue weighted by Crippen LogP contribution is 2.33. The Morgan fingerprint density at radius 2 is 2.14 bits per heavy atom. The number of rotatable bonds is 1. The summed E-state index contributed by atoms with van der Waals surface area (Å²) in [6.45, 7) is 1.10. The predicted molar refractivity (Wildman–Crippen MR) is 65.3 cm³/mol. The molecule has 0 saturated carbocycles. The Kier molecular flexibility index (Phi) is 2.68. The second kappa shape index (κ2) is 3.81. The third-order valence-electron chi connectivity index (χ3n) is 2.59. The van der Waals surface area contributed by atoms with Crippen molar-refractivity contribution in [1.29, 1.82) is 0 Å². The fourth-order valence-corrected chi connectivity index (χ4v) is 2.56. The molecule has 0 bridgehead atoms. The van der Waals surface area contributed by atoms with Gasteiger partial charge in [-0.1, -0.05) is 0 Å². The molecular formula is C11H15BrN2. The number of fused-ring (bicyclic) bond motifs is 1. The van der Waals surface area contributed by atoms with Crippen LogP contribution in [-0.2, 0) is 6.42 Å². The molecule has 1 aromatic rings. The van der Waals surface area contributed by atoms with E-state index in [1.165, 1.54) is 34.3 Å². The average molecular weight is 255 g/mol. The van der Waals surface area contributed by atoms with E-state index in [0.717, 1.165) is 6.54 Å². The van der Waals surface area contributed by atoms with Crippen molar-refractivity contribution in [1.82, 2.24) is 0 Å². The van der Waals surface area contributed by atoms with Crippen LogP contribution in [0.5, 0.6) is 0 Å². The number of hydrogen-bond donors (Lipinski definition) is 1. The molecule has 0 amide bonds. The van der Waals surface area contributed by atoms with E-state index < -0.39 is 0 Å². The molecule has 1 aliphatic rings. The van der Waals surface area contributed by atoms with E-state index in [4.69, 9.17) is 0 Å². The zero-order valence-electron chi connectivity index (χ0n) is 8.60. The van der Waals surface area contributed by atoms with Gasteiger partial charge in [-0.3, -0.25) is 0 Å². The Bertz CT molecular complexity index is 347. The lowest BCUT2D eigenvalue weighted by Crippen LogP contribution is -2.15. The second-order valence-electron chi connectivity index (χ2n) is 3.89. The Balaban J connectivity index is 2.45. The molecular weight excluding hydrogens is 240 g/mol. The minimum absolute atomic E-state index is 1.10. The molecule has 14 heavy (non-hydrogen) atoms. The highest BCUT2D eigenvalue weighted by molar-refractivity contribution is 9.10. The van der Waals surface area contributed by atoms with E-state index in [9.17, 15) is 0 Å². The molecule has 0 aliphatic carbocycles. The molecule has 2 rings (SSSR count). The zero-order chi connectivity index (χ0) is 10.1. The Morgan fingerprint density at radius 3 is 2.86 bits per heavy atom. The van der Waals surface area contributed by atoms with Crippen LogP contribution in [0, 0.1) is 0 Å². The molecule has 2 nitrogen and oxygen atoms in total. The maximum Gasteiger partial charge on any atom is 0.0526 e. The van der Waals surface area contributed by atoms with Gasteiger partial charge >= 0.3 is 0 Å². The SMILES string of the molecule is CN(C)c1cc2c(cc1Br)CCCN2. The van der Waals surface area contributed by atoms with Crippen molar-refractivity contribution in [2.24, 2.45) is 0 Å². The molecule has 0 spiro atoms. The molecule has 0 atom stereocenters. The molecule has 3 heteroatoms. The van der Waals surface area contributed by atoms with Gasteiger partial charge in [0.15, 0.2) is 0 Å². The number of benzene rings is 1. The van der Waals surface area contributed by atoms with Crippen molar-refractivity contribution in [3.8, 4) is 0 Å². The number of nitrogens with zero attached hydrogens (tertiary/aromatic N) is 1. The van der Waals surface area contributed by atoms with E-state index >= 15 is 0 Å². The quantitative estimate of drug-likeness (QED) is 0.830. The van der Waals surface area contributed by atoms with Crippen LogP contribution in [0.25, 0.3) is 0 Å². The summed E-state index contributed by atoms with van der Waals surface area (Å²) in [5, 5.41) is 3.44. The highest BCUT2D eigenvalue weighted by Gasteiger charge is 2.12. The van der Waals surface area contributed by atoms with E-state index in [1.807, 2.05) is 0 Å². The fourth-order valence-electron chi connectivity index (χ4n) is 1.82. The minimum Gasteiger partial charge on any atom is -0.385 e. The predicted octanol–water partition coefficient (Wildman–Crippen LogP) is 2.87. The standard InChI is InChI=1S/C11H15BrN2/c1-14(2)11-7-10-8(6-9(11)12)4-3-5-13-10/h6-7,13H,3-5H2,1-2H3. The Morgan fingerprint density at radius 1 is 1.36 bits per heavy atom. The summed E-state index contributed by atoms with van der Waals surface area (Å²) < 4.78 is 1.19. The normalized spacial score (nSPS) is 14.5. The molecule has 1 heterocycles. The Labute approximate surface area is 93.4 Å². The van der Waals surface area contributed by atoms with Gasteiger partial charge in [0.2, 0.25) is 0 Å². The lowest BCUT2D eigenvalue weighted by atomic mass is 10.0. The van der Waals surface area contributed by atoms with E-state index in [2.05, 4.69) is 52.4 Å². The van der Waals surface area contributed by atoms with Crippen molar-refractivity contribution < 1.29 is 0 Å². The average Bonchev–Trinajstić information content (AvgIpc) is 2.16. The van der Waals surface area contributed by atoms with Gasteiger partial charge in [0.1, 0.15) is 0 Å². The third kappa shape index (κ3) is 1.73. The van der Waals surface area contributed by atoms with Crippen LogP contribution in [0.4, 0.5) is 11.4 Å². The zero-order valence-corrected chi connectivity index (χ0v) is 10.2. The number of anilines is 2. The molecule has 0 unspecified atom stereocenters. The van der Waals surface area contributed by atoms with Gasteiger partial charge in [-0.2, -0.15) is 0 Å². The minimum atomic E-state index is 1.10. The Hall–Kier alpha value is -0.700. The van der Waals surface area contributed by atoms with Crippen molar-refractivity contribution in [3.05, 3.63) is 22.2 Å². The van der Waals surface area contributed by atoms with Gasteiger partial charge in [0.05, 0.1) is 5.69 Å². The first-order valence-electron chi connectivity index (χ1n) is 4.92. The molecule has 0 radical (unpaired) electrons. The van der Waals surface area contributed by atoms with Crippen LogP contribution in [0.2, 0.25) is 0 Å². The number of aryl methyl sites for hydroxylation is 1. The molecule has 1 aromatic carbocycles. The van der Waals surface area contributed by atoms with Crippen LogP contribution in [0.15, 0.2) is 16.6 Å². The van der Waals surface area contributed by atoms with Crippen LogP contribution in [0.3, 0.4) is 0 Å². The van der Waals surface area contributed by atoms with E-state index in [0.29, 0.717) is 0 Å². The van der Waals surface area contributed by atoms with Crippen molar-refractivity contribution in [2.45, 2.75) is 12.8 Å². The molecule has 76 valence electrons. The van der Waals surface area contributed by atoms with Crippen molar-refractivity contribution >= 4 is 27.3 Å². The smallest absolute Gasteiger partial charge is 0.0526 e. The monoisotopic (exact) mass is 254 g/mol. The molecule has 0 saturated heterocycles. The van der Waals surface area contributed by atoms with Gasteiger partial charge in [-0.05, 0) is 46.5 Å². The van der Waals surface area contributed by atoms with Gasteiger partial charge in [-0.15, -0.1) is 0 Å². The fraction of sp³-hybridized carbons (Fsp3) is 0.455. The highest BCUT2D eigenvalue weighted by atomic mass is 79.9. The third-order valence-corrected chi connectivity index (χ3v) is 3.23. The first-order chi connectivity index (χ1) is 6.68. The maximum absolute atomic E-state index is 3.61. The summed E-state index contributed by atoms with van der Waals surface area (Å²) in [7, 11) is 4.13. The molecule has 0 fully saturated rings. The summed E-state index contributed by atoms with van der Waals surface area (Å²) in [4.78, 5) is 2.13. The first kappa shape index (κ1) is 9.84. The molecule has 1 N–H and O–H groups in total. The van der Waals surface area contributed by atoms with Gasteiger partial charge in [-0.25, -0.2) is 0 Å². The lowest BCUT2D eigenvalue weighted by molar-refractivity contribution is 0.829. The summed E-state index contributed by atoms with van der Waals surface area (Å²) in [5.41, 5.74) is 3.95. The van der Waals surface area contributed by atoms with Gasteiger partial charge in [0.25, 0.3) is 0 Å². The van der Waals surface area contributed by atoms with Crippen LogP contribution in [0.1, 0.15) is 12.0 Å². The lowest BCUT2D eigenvalue weighted by Gasteiger charge is -2.22. The largest absolute Gasteiger partial charge is 0.385 e. The number of hydrogen-bond acceptors (Lipinski definition) is 2. The first-order valence-corrected chi connectivity index (χ1v) is 5.71. The summed E-state index contributed by atoms with van der Waals surface area (Å²) in [5.74, 6) is 0. The van der Waals surface area contributed by atoms with Crippen LogP contribution < -0.4 is 10.2 Å². The van der Waals surface area contributed by atoms with Gasteiger partial charge < -0.3 is 10.2 Å². The number of nitrogens with one attached hydrogen (secondary N) is 1. The summed E-state index contributed by atoms with van der Waals surface area (Å²) >= 11 is 3.61. The molecule has 0 aromatic heterocycles. The van der Waals surface area contributed by atoms with Crippen LogP contribution in [-0.4, -0.2) is 20.6 Å². The molecule has 1 aliphatic heterocycles. The summed E-state index contributed by atoms with van der Waals surface area (Å²) in [6, 6.07) is 4.45. The second-order valence-corrected chi connectivity index (χ2v) is 4.74. The van der Waals surface area contributed by atoms with Gasteiger partial charge in [0, 0.05) is 30.8 Å². The van der Waals surface area contributed by atoms with Crippen molar-refractivity contribution in [3.63, 3.8) is 0 Å². The van der Waals surface area contributed by atoms with Crippen molar-refractivity contribution in [2.75, 3.05) is 30.9 Å². The van der Waals surface area contributed by atoms with E-state index in [-0.39, 0.29) is 0 Å². The number of halogens is 1.